The van der Waals surface area contributed by atoms with Crippen LogP contribution in [0.15, 0.2) is 48.5 Å². The maximum absolute atomic E-state index is 12.8. The minimum Gasteiger partial charge on any atom is -0.349 e. The van der Waals surface area contributed by atoms with Gasteiger partial charge in [0.1, 0.15) is 0 Å². The average Bonchev–Trinajstić information content (AvgIpc) is 2.69. The highest BCUT2D eigenvalue weighted by molar-refractivity contribution is 6.30. The lowest BCUT2D eigenvalue weighted by Gasteiger charge is -2.32. The van der Waals surface area contributed by atoms with Crippen molar-refractivity contribution < 1.29 is 4.79 Å². The molecule has 2 aromatic rings. The van der Waals surface area contributed by atoms with Gasteiger partial charge in [-0.1, -0.05) is 60.5 Å². The smallest absolute Gasteiger partial charge is 0.223 e. The second kappa shape index (κ2) is 9.38. The number of carbonyl (C=O) groups excluding carboxylic acids is 1. The van der Waals surface area contributed by atoms with E-state index in [-0.39, 0.29) is 17.9 Å². The third kappa shape index (κ3) is 5.57. The maximum Gasteiger partial charge on any atom is 0.223 e. The van der Waals surface area contributed by atoms with Gasteiger partial charge in [0.2, 0.25) is 5.91 Å². The van der Waals surface area contributed by atoms with Crippen molar-refractivity contribution in [1.29, 1.82) is 0 Å². The quantitative estimate of drug-likeness (QED) is 0.748. The van der Waals surface area contributed by atoms with E-state index in [1.54, 1.807) is 0 Å². The summed E-state index contributed by atoms with van der Waals surface area (Å²) >= 11 is 5.96. The largest absolute Gasteiger partial charge is 0.349 e. The highest BCUT2D eigenvalue weighted by Crippen LogP contribution is 2.23. The predicted octanol–water partition coefficient (Wildman–Crippen LogP) is 5.13. The molecule has 4 heteroatoms. The van der Waals surface area contributed by atoms with Gasteiger partial charge in [-0.15, -0.1) is 0 Å². The van der Waals surface area contributed by atoms with Crippen LogP contribution in [0.2, 0.25) is 5.02 Å². The fourth-order valence-corrected chi connectivity index (χ4v) is 3.84. The van der Waals surface area contributed by atoms with Crippen LogP contribution in [0.4, 0.5) is 0 Å². The first kappa shape index (κ1) is 19.9. The van der Waals surface area contributed by atoms with Gasteiger partial charge >= 0.3 is 0 Å². The first-order chi connectivity index (χ1) is 13.0. The molecule has 0 saturated carbocycles. The predicted molar refractivity (Wildman–Crippen MR) is 112 cm³/mol. The Bertz CT molecular complexity index is 734. The molecule has 0 aliphatic carbocycles. The van der Waals surface area contributed by atoms with Gasteiger partial charge in [0, 0.05) is 17.5 Å². The fraction of sp³-hybridized carbons (Fsp3) is 0.435. The lowest BCUT2D eigenvalue weighted by Crippen LogP contribution is -2.41. The number of aryl methyl sites for hydroxylation is 1. The van der Waals surface area contributed by atoms with Crippen LogP contribution < -0.4 is 5.32 Å². The summed E-state index contributed by atoms with van der Waals surface area (Å²) in [6.45, 7) is 7.05. The number of hydrogen-bond donors (Lipinski definition) is 1. The highest BCUT2D eigenvalue weighted by Gasteiger charge is 2.26. The molecule has 1 heterocycles. The summed E-state index contributed by atoms with van der Waals surface area (Å²) in [6, 6.07) is 16.6. The molecule has 27 heavy (non-hydrogen) atoms. The molecule has 0 unspecified atom stereocenters. The Kier molecular flexibility index (Phi) is 6.92. The minimum absolute atomic E-state index is 0.102. The molecule has 3 nitrogen and oxygen atoms in total. The number of nitrogens with zero attached hydrogens (tertiary/aromatic N) is 1. The van der Waals surface area contributed by atoms with Crippen molar-refractivity contribution in [3.63, 3.8) is 0 Å². The van der Waals surface area contributed by atoms with E-state index in [2.05, 4.69) is 60.5 Å². The van der Waals surface area contributed by atoms with Crippen molar-refractivity contribution in [2.45, 2.75) is 45.7 Å². The van der Waals surface area contributed by atoms with E-state index in [1.165, 1.54) is 16.7 Å². The number of rotatable bonds is 6. The van der Waals surface area contributed by atoms with E-state index in [1.807, 2.05) is 12.1 Å². The van der Waals surface area contributed by atoms with Crippen molar-refractivity contribution in [1.82, 2.24) is 10.2 Å². The SMILES string of the molecule is CC[C@@H](NC(=O)C1CCN(Cc2ccc(Cl)cc2)CC1)c1ccc(C)cc1. The molecule has 2 aromatic carbocycles. The summed E-state index contributed by atoms with van der Waals surface area (Å²) in [6.07, 6.45) is 2.75. The summed E-state index contributed by atoms with van der Waals surface area (Å²) in [4.78, 5) is 15.2. The summed E-state index contributed by atoms with van der Waals surface area (Å²) in [5.41, 5.74) is 3.71. The molecule has 1 saturated heterocycles. The zero-order valence-corrected chi connectivity index (χ0v) is 17.0. The molecule has 3 rings (SSSR count). The van der Waals surface area contributed by atoms with Crippen LogP contribution in [0.5, 0.6) is 0 Å². The molecule has 1 N–H and O–H groups in total. The van der Waals surface area contributed by atoms with Gasteiger partial charge in [0.25, 0.3) is 0 Å². The Balaban J connectivity index is 1.50. The zero-order chi connectivity index (χ0) is 19.2. The lowest BCUT2D eigenvalue weighted by molar-refractivity contribution is -0.127. The van der Waals surface area contributed by atoms with Crippen molar-refractivity contribution in [3.8, 4) is 0 Å². The summed E-state index contributed by atoms with van der Waals surface area (Å²) in [5.74, 6) is 0.319. The Morgan fingerprint density at radius 1 is 1.11 bits per heavy atom. The number of carbonyl (C=O) groups is 1. The second-order valence-corrected chi connectivity index (χ2v) is 7.99. The molecule has 1 aliphatic rings. The van der Waals surface area contributed by atoms with Crippen molar-refractivity contribution in [2.75, 3.05) is 13.1 Å². The molecule has 144 valence electrons. The number of nitrogens with one attached hydrogen (secondary N) is 1. The van der Waals surface area contributed by atoms with Crippen LogP contribution >= 0.6 is 11.6 Å². The second-order valence-electron chi connectivity index (χ2n) is 7.56. The molecule has 0 bridgehead atoms. The molecule has 1 aliphatic heterocycles. The molecular weight excluding hydrogens is 356 g/mol. The van der Waals surface area contributed by atoms with Gasteiger partial charge in [0.15, 0.2) is 0 Å². The van der Waals surface area contributed by atoms with E-state index in [0.717, 1.165) is 43.9 Å². The monoisotopic (exact) mass is 384 g/mol. The van der Waals surface area contributed by atoms with Crippen LogP contribution in [-0.4, -0.2) is 23.9 Å². The standard InChI is InChI=1S/C23H29ClN2O/c1-3-22(19-8-4-17(2)5-9-19)25-23(27)20-12-14-26(15-13-20)16-18-6-10-21(24)11-7-18/h4-11,20,22H,3,12-16H2,1-2H3,(H,25,27)/t22-/m1/s1. The van der Waals surface area contributed by atoms with Crippen molar-refractivity contribution in [3.05, 3.63) is 70.2 Å². The van der Waals surface area contributed by atoms with Crippen LogP contribution in [-0.2, 0) is 11.3 Å². The van der Waals surface area contributed by atoms with E-state index in [9.17, 15) is 4.79 Å². The number of likely N-dealkylation sites (tertiary alicyclic amines) is 1. The highest BCUT2D eigenvalue weighted by atomic mass is 35.5. The lowest BCUT2D eigenvalue weighted by atomic mass is 9.94. The van der Waals surface area contributed by atoms with Gasteiger partial charge in [-0.05, 0) is 62.5 Å². The Morgan fingerprint density at radius 3 is 2.33 bits per heavy atom. The summed E-state index contributed by atoms with van der Waals surface area (Å²) < 4.78 is 0. The Hall–Kier alpha value is -1.84. The average molecular weight is 385 g/mol. The van der Waals surface area contributed by atoms with Gasteiger partial charge in [-0.3, -0.25) is 9.69 Å². The van der Waals surface area contributed by atoms with E-state index >= 15 is 0 Å². The number of amides is 1. The summed E-state index contributed by atoms with van der Waals surface area (Å²) in [7, 11) is 0. The number of benzene rings is 2. The molecule has 0 spiro atoms. The fourth-order valence-electron chi connectivity index (χ4n) is 3.71. The molecule has 0 radical (unpaired) electrons. The van der Waals surface area contributed by atoms with E-state index in [4.69, 9.17) is 11.6 Å². The topological polar surface area (TPSA) is 32.3 Å². The third-order valence-electron chi connectivity index (χ3n) is 5.48. The number of piperidine rings is 1. The first-order valence-electron chi connectivity index (χ1n) is 9.89. The van der Waals surface area contributed by atoms with Crippen LogP contribution in [0, 0.1) is 12.8 Å². The first-order valence-corrected chi connectivity index (χ1v) is 10.3. The van der Waals surface area contributed by atoms with Gasteiger partial charge in [-0.2, -0.15) is 0 Å². The molecule has 1 atom stereocenters. The van der Waals surface area contributed by atoms with Gasteiger partial charge < -0.3 is 5.32 Å². The summed E-state index contributed by atoms with van der Waals surface area (Å²) in [5, 5.41) is 4.04. The van der Waals surface area contributed by atoms with Crippen LogP contribution in [0.25, 0.3) is 0 Å². The Labute approximate surface area is 167 Å². The molecular formula is C23H29ClN2O. The third-order valence-corrected chi connectivity index (χ3v) is 5.73. The van der Waals surface area contributed by atoms with Gasteiger partial charge in [0.05, 0.1) is 6.04 Å². The molecule has 1 amide bonds. The van der Waals surface area contributed by atoms with Crippen LogP contribution in [0.3, 0.4) is 0 Å². The van der Waals surface area contributed by atoms with Crippen molar-refractivity contribution >= 4 is 17.5 Å². The Morgan fingerprint density at radius 2 is 1.74 bits per heavy atom. The van der Waals surface area contributed by atoms with E-state index < -0.39 is 0 Å². The molecule has 0 aromatic heterocycles. The van der Waals surface area contributed by atoms with Gasteiger partial charge in [-0.25, -0.2) is 0 Å². The minimum atomic E-state index is 0.102. The maximum atomic E-state index is 12.8. The zero-order valence-electron chi connectivity index (χ0n) is 16.2. The number of hydrogen-bond acceptors (Lipinski definition) is 2. The van der Waals surface area contributed by atoms with E-state index in [0.29, 0.717) is 0 Å². The van der Waals surface area contributed by atoms with Crippen molar-refractivity contribution in [2.24, 2.45) is 5.92 Å². The number of halogens is 1. The molecule has 1 fully saturated rings. The van der Waals surface area contributed by atoms with Crippen LogP contribution in [0.1, 0.15) is 48.9 Å². The normalized spacial score (nSPS) is 16.9.